The summed E-state index contributed by atoms with van der Waals surface area (Å²) in [5.74, 6) is -1.69. The minimum absolute atomic E-state index is 0.286. The van der Waals surface area contributed by atoms with Crippen LogP contribution in [0.3, 0.4) is 0 Å². The van der Waals surface area contributed by atoms with E-state index in [1.807, 2.05) is 0 Å². The molecule has 11 heavy (non-hydrogen) atoms. The van der Waals surface area contributed by atoms with E-state index in [-0.39, 0.29) is 6.61 Å². The molecule has 2 saturated heterocycles. The number of aliphatic hydroxyl groups excluding tert-OH is 2. The largest absolute Gasteiger partial charge is 0.391 e. The Balaban J connectivity index is 2.20. The molecule has 0 aromatic heterocycles. The highest BCUT2D eigenvalue weighted by Crippen LogP contribution is 2.36. The molecule has 2 fully saturated rings. The molecule has 0 spiro atoms. The molecular formula is C6H10O5. The molecule has 0 aliphatic carbocycles. The maximum atomic E-state index is 9.40. The van der Waals surface area contributed by atoms with Gasteiger partial charge in [-0.15, -0.1) is 0 Å². The Morgan fingerprint density at radius 2 is 2.27 bits per heavy atom. The zero-order valence-corrected chi connectivity index (χ0v) is 5.80. The summed E-state index contributed by atoms with van der Waals surface area (Å²) in [6, 6.07) is 0. The van der Waals surface area contributed by atoms with E-state index >= 15 is 0 Å². The maximum Gasteiger partial charge on any atom is 0.219 e. The van der Waals surface area contributed by atoms with Gasteiger partial charge in [0.2, 0.25) is 5.79 Å². The zero-order chi connectivity index (χ0) is 8.06. The molecule has 2 aliphatic heterocycles. The van der Waals surface area contributed by atoms with Crippen LogP contribution >= 0.6 is 0 Å². The summed E-state index contributed by atoms with van der Waals surface area (Å²) in [6.07, 6.45) is -2.10. The Morgan fingerprint density at radius 3 is 2.55 bits per heavy atom. The van der Waals surface area contributed by atoms with Crippen LogP contribution in [-0.4, -0.2) is 52.6 Å². The summed E-state index contributed by atoms with van der Waals surface area (Å²) in [4.78, 5) is 0. The third-order valence-electron chi connectivity index (χ3n) is 2.16. The van der Waals surface area contributed by atoms with Crippen LogP contribution < -0.4 is 0 Å². The first-order valence-corrected chi connectivity index (χ1v) is 3.48. The fraction of sp³-hybridized carbons (Fsp3) is 1.00. The van der Waals surface area contributed by atoms with E-state index in [1.54, 1.807) is 0 Å². The van der Waals surface area contributed by atoms with Gasteiger partial charge in [-0.25, -0.2) is 0 Å². The normalized spacial score (nSPS) is 55.4. The van der Waals surface area contributed by atoms with Crippen LogP contribution in [0.25, 0.3) is 0 Å². The minimum Gasteiger partial charge on any atom is -0.391 e. The molecule has 64 valence electrons. The molecule has 2 aliphatic rings. The third kappa shape index (κ3) is 0.830. The smallest absolute Gasteiger partial charge is 0.219 e. The highest BCUT2D eigenvalue weighted by molar-refractivity contribution is 5.00. The van der Waals surface area contributed by atoms with Gasteiger partial charge in [-0.3, -0.25) is 0 Å². The molecule has 0 saturated carbocycles. The zero-order valence-electron chi connectivity index (χ0n) is 5.80. The Kier molecular flexibility index (Phi) is 1.45. The highest BCUT2D eigenvalue weighted by atomic mass is 16.7. The van der Waals surface area contributed by atoms with Gasteiger partial charge in [0.25, 0.3) is 0 Å². The van der Waals surface area contributed by atoms with Crippen molar-refractivity contribution in [1.82, 2.24) is 0 Å². The molecule has 0 aromatic carbocycles. The summed E-state index contributed by atoms with van der Waals surface area (Å²) in [6.45, 7) is -0.265. The lowest BCUT2D eigenvalue weighted by atomic mass is 10.1. The van der Waals surface area contributed by atoms with Gasteiger partial charge in [-0.05, 0) is 0 Å². The second-order valence-corrected chi connectivity index (χ2v) is 2.90. The molecule has 2 bridgehead atoms. The van der Waals surface area contributed by atoms with E-state index in [9.17, 15) is 10.2 Å². The number of ether oxygens (including phenoxy) is 2. The topological polar surface area (TPSA) is 79.2 Å². The summed E-state index contributed by atoms with van der Waals surface area (Å²) in [5.41, 5.74) is 0. The molecule has 3 N–H and O–H groups in total. The second kappa shape index (κ2) is 2.15. The molecular weight excluding hydrogens is 152 g/mol. The monoisotopic (exact) mass is 162 g/mol. The van der Waals surface area contributed by atoms with Crippen molar-refractivity contribution in [3.63, 3.8) is 0 Å². The van der Waals surface area contributed by atoms with Gasteiger partial charge < -0.3 is 24.8 Å². The molecule has 2 heterocycles. The molecule has 4 atom stereocenters. The maximum absolute atomic E-state index is 9.40. The Labute approximate surface area is 63.2 Å². The lowest BCUT2D eigenvalue weighted by Crippen LogP contribution is -2.48. The van der Waals surface area contributed by atoms with Crippen molar-refractivity contribution < 1.29 is 24.8 Å². The first-order chi connectivity index (χ1) is 5.17. The SMILES string of the molecule is OC[C@]1(O)O[C@@H]2CO[C@@H]1[C@@H]2O. The lowest BCUT2D eigenvalue weighted by molar-refractivity contribution is -0.286. The van der Waals surface area contributed by atoms with Gasteiger partial charge >= 0.3 is 0 Å². The average Bonchev–Trinajstić information content (AvgIpc) is 2.44. The molecule has 0 unspecified atom stereocenters. The summed E-state index contributed by atoms with van der Waals surface area (Å²) >= 11 is 0. The summed E-state index contributed by atoms with van der Waals surface area (Å²) in [7, 11) is 0. The van der Waals surface area contributed by atoms with E-state index < -0.39 is 30.7 Å². The average molecular weight is 162 g/mol. The first-order valence-electron chi connectivity index (χ1n) is 3.48. The van der Waals surface area contributed by atoms with Gasteiger partial charge in [0.05, 0.1) is 13.2 Å². The second-order valence-electron chi connectivity index (χ2n) is 2.90. The minimum atomic E-state index is -1.69. The third-order valence-corrected chi connectivity index (χ3v) is 2.16. The van der Waals surface area contributed by atoms with Gasteiger partial charge in [0, 0.05) is 0 Å². The molecule has 5 nitrogen and oxygen atoms in total. The van der Waals surface area contributed by atoms with Crippen LogP contribution in [0.15, 0.2) is 0 Å². The highest BCUT2D eigenvalue weighted by Gasteiger charge is 2.59. The van der Waals surface area contributed by atoms with Crippen LogP contribution in [0.5, 0.6) is 0 Å². The predicted molar refractivity (Wildman–Crippen MR) is 32.7 cm³/mol. The van der Waals surface area contributed by atoms with E-state index in [4.69, 9.17) is 14.6 Å². The quantitative estimate of drug-likeness (QED) is 0.409. The Hall–Kier alpha value is -0.200. The van der Waals surface area contributed by atoms with E-state index in [1.165, 1.54) is 0 Å². The van der Waals surface area contributed by atoms with Gasteiger partial charge in [0.1, 0.15) is 18.3 Å². The van der Waals surface area contributed by atoms with Gasteiger partial charge in [-0.2, -0.15) is 0 Å². The summed E-state index contributed by atoms with van der Waals surface area (Å²) in [5, 5.41) is 27.4. The van der Waals surface area contributed by atoms with Crippen LogP contribution in [0.2, 0.25) is 0 Å². The van der Waals surface area contributed by atoms with Crippen molar-refractivity contribution in [2.45, 2.75) is 24.1 Å². The molecule has 0 aromatic rings. The van der Waals surface area contributed by atoms with Crippen molar-refractivity contribution >= 4 is 0 Å². The molecule has 5 heteroatoms. The number of rotatable bonds is 1. The predicted octanol–water partition coefficient (Wildman–Crippen LogP) is -2.17. The molecule has 0 radical (unpaired) electrons. The first kappa shape index (κ1) is 7.45. The number of hydrogen-bond donors (Lipinski definition) is 3. The number of hydrogen-bond acceptors (Lipinski definition) is 5. The number of fused-ring (bicyclic) bond motifs is 2. The van der Waals surface area contributed by atoms with Crippen molar-refractivity contribution in [3.05, 3.63) is 0 Å². The van der Waals surface area contributed by atoms with Crippen molar-refractivity contribution in [1.29, 1.82) is 0 Å². The fourth-order valence-electron chi connectivity index (χ4n) is 1.55. The van der Waals surface area contributed by atoms with Gasteiger partial charge in [-0.1, -0.05) is 0 Å². The van der Waals surface area contributed by atoms with Crippen LogP contribution in [-0.2, 0) is 9.47 Å². The van der Waals surface area contributed by atoms with Gasteiger partial charge in [0.15, 0.2) is 0 Å². The van der Waals surface area contributed by atoms with E-state index in [2.05, 4.69) is 0 Å². The van der Waals surface area contributed by atoms with Crippen LogP contribution in [0.1, 0.15) is 0 Å². The lowest BCUT2D eigenvalue weighted by Gasteiger charge is -2.29. The van der Waals surface area contributed by atoms with E-state index in [0.29, 0.717) is 0 Å². The van der Waals surface area contributed by atoms with Crippen LogP contribution in [0, 0.1) is 0 Å². The molecule has 0 amide bonds. The Bertz CT molecular complexity index is 172. The van der Waals surface area contributed by atoms with Crippen molar-refractivity contribution in [2.24, 2.45) is 0 Å². The molecule has 2 rings (SSSR count). The Morgan fingerprint density at radius 1 is 1.55 bits per heavy atom. The summed E-state index contributed by atoms with van der Waals surface area (Å²) < 4.78 is 9.93. The fourth-order valence-corrected chi connectivity index (χ4v) is 1.55. The standard InChI is InChI=1S/C6H10O5/c7-2-6(9)5-4(8)3(11-6)1-10-5/h3-5,7-9H,1-2H2/t3-,4-,5-,6+/m1/s1. The number of aliphatic hydroxyl groups is 3. The van der Waals surface area contributed by atoms with Crippen LogP contribution in [0.4, 0.5) is 0 Å². The van der Waals surface area contributed by atoms with Crippen molar-refractivity contribution in [2.75, 3.05) is 13.2 Å². The van der Waals surface area contributed by atoms with Crippen molar-refractivity contribution in [3.8, 4) is 0 Å². The van der Waals surface area contributed by atoms with E-state index in [0.717, 1.165) is 0 Å².